The first kappa shape index (κ1) is 39.6. The van der Waals surface area contributed by atoms with E-state index < -0.39 is 0 Å². The fourth-order valence-corrected chi connectivity index (χ4v) is 11.3. The van der Waals surface area contributed by atoms with Crippen LogP contribution in [0.3, 0.4) is 0 Å². The highest BCUT2D eigenvalue weighted by atomic mass is 15.1. The van der Waals surface area contributed by atoms with Gasteiger partial charge in [0, 0.05) is 27.8 Å². The van der Waals surface area contributed by atoms with Crippen LogP contribution in [-0.2, 0) is 10.8 Å². The lowest BCUT2D eigenvalue weighted by molar-refractivity contribution is 0.662. The normalized spacial score (nSPS) is 15.1. The van der Waals surface area contributed by atoms with Crippen molar-refractivity contribution in [1.29, 1.82) is 0 Å². The number of benzene rings is 10. The van der Waals surface area contributed by atoms with E-state index in [9.17, 15) is 0 Å². The molecule has 0 aromatic heterocycles. The Kier molecular flexibility index (Phi) is 9.36. The van der Waals surface area contributed by atoms with Crippen LogP contribution in [-0.4, -0.2) is 0 Å². The molecular weight excluding hydrogens is 795 g/mol. The summed E-state index contributed by atoms with van der Waals surface area (Å²) in [6.45, 7) is 7.18. The molecule has 0 saturated carbocycles. The van der Waals surface area contributed by atoms with E-state index in [1.807, 2.05) is 0 Å². The SMILES string of the molecule is CC1(C)c2ccccc2-c2cccc(-c3ccccc3N(c3ccc(-c4ccccc4-c4ccc(-c5ccccc5)cc4)cc3)c3ccc4c(c3)C(C)(c3ccccc3)c3ccccc3-4)c21. The van der Waals surface area contributed by atoms with Crippen molar-refractivity contribution in [2.75, 3.05) is 4.90 Å². The number of para-hydroxylation sites is 1. The monoisotopic (exact) mass is 843 g/mol. The number of rotatable bonds is 8. The lowest BCUT2D eigenvalue weighted by Gasteiger charge is -2.32. The zero-order valence-electron chi connectivity index (χ0n) is 37.5. The molecule has 0 bridgehead atoms. The van der Waals surface area contributed by atoms with E-state index in [4.69, 9.17) is 0 Å². The molecule has 10 aromatic carbocycles. The summed E-state index contributed by atoms with van der Waals surface area (Å²) in [5.74, 6) is 0. The second-order valence-corrected chi connectivity index (χ2v) is 18.6. The lowest BCUT2D eigenvalue weighted by atomic mass is 9.74. The summed E-state index contributed by atoms with van der Waals surface area (Å²) >= 11 is 0. The minimum atomic E-state index is -0.336. The number of hydrogen-bond acceptors (Lipinski definition) is 1. The van der Waals surface area contributed by atoms with Gasteiger partial charge < -0.3 is 4.90 Å². The maximum Gasteiger partial charge on any atom is 0.0540 e. The molecule has 0 spiro atoms. The lowest BCUT2D eigenvalue weighted by Crippen LogP contribution is -2.23. The van der Waals surface area contributed by atoms with Gasteiger partial charge in [0.1, 0.15) is 0 Å². The molecule has 0 aliphatic heterocycles. The van der Waals surface area contributed by atoms with E-state index in [0.717, 1.165) is 17.1 Å². The van der Waals surface area contributed by atoms with Gasteiger partial charge in [-0.2, -0.15) is 0 Å². The molecule has 1 heteroatoms. The first-order chi connectivity index (χ1) is 32.4. The molecule has 12 rings (SSSR count). The third-order valence-corrected chi connectivity index (χ3v) is 14.6. The quantitative estimate of drug-likeness (QED) is 0.147. The molecular formula is C65H49N. The second-order valence-electron chi connectivity index (χ2n) is 18.6. The Hall–Kier alpha value is -8.00. The van der Waals surface area contributed by atoms with Crippen molar-refractivity contribution >= 4 is 17.1 Å². The first-order valence-electron chi connectivity index (χ1n) is 23.2. The van der Waals surface area contributed by atoms with Crippen LogP contribution in [0.2, 0.25) is 0 Å². The Morgan fingerprint density at radius 3 is 1.39 bits per heavy atom. The second kappa shape index (κ2) is 15.6. The number of hydrogen-bond donors (Lipinski definition) is 0. The number of fused-ring (bicyclic) bond motifs is 6. The minimum Gasteiger partial charge on any atom is -0.310 e. The largest absolute Gasteiger partial charge is 0.310 e. The maximum atomic E-state index is 2.50. The van der Waals surface area contributed by atoms with Gasteiger partial charge >= 0.3 is 0 Å². The predicted octanol–water partition coefficient (Wildman–Crippen LogP) is 17.5. The highest BCUT2D eigenvalue weighted by Gasteiger charge is 2.42. The van der Waals surface area contributed by atoms with Crippen molar-refractivity contribution in [2.24, 2.45) is 0 Å². The molecule has 66 heavy (non-hydrogen) atoms. The predicted molar refractivity (Wildman–Crippen MR) is 278 cm³/mol. The van der Waals surface area contributed by atoms with Gasteiger partial charge in [-0.25, -0.2) is 0 Å². The van der Waals surface area contributed by atoms with Gasteiger partial charge in [-0.3, -0.25) is 0 Å². The molecule has 0 fully saturated rings. The average Bonchev–Trinajstić information content (AvgIpc) is 3.79. The molecule has 0 N–H and O–H groups in total. The zero-order valence-corrected chi connectivity index (χ0v) is 37.5. The van der Waals surface area contributed by atoms with Crippen LogP contribution in [0, 0.1) is 0 Å². The highest BCUT2D eigenvalue weighted by Crippen LogP contribution is 2.56. The van der Waals surface area contributed by atoms with Gasteiger partial charge in [0.15, 0.2) is 0 Å². The Bertz CT molecular complexity index is 3430. The van der Waals surface area contributed by atoms with Crippen molar-refractivity contribution < 1.29 is 0 Å². The highest BCUT2D eigenvalue weighted by molar-refractivity contribution is 5.96. The Morgan fingerprint density at radius 1 is 0.288 bits per heavy atom. The smallest absolute Gasteiger partial charge is 0.0540 e. The third kappa shape index (κ3) is 6.22. The van der Waals surface area contributed by atoms with Crippen molar-refractivity contribution in [1.82, 2.24) is 0 Å². The molecule has 0 radical (unpaired) electrons. The maximum absolute atomic E-state index is 2.50. The van der Waals surface area contributed by atoms with Crippen molar-refractivity contribution in [3.05, 3.63) is 270 Å². The van der Waals surface area contributed by atoms with E-state index in [1.54, 1.807) is 0 Å². The van der Waals surface area contributed by atoms with Crippen LogP contribution < -0.4 is 4.90 Å². The van der Waals surface area contributed by atoms with E-state index in [2.05, 4.69) is 268 Å². The molecule has 1 atom stereocenters. The van der Waals surface area contributed by atoms with Gasteiger partial charge in [0.25, 0.3) is 0 Å². The van der Waals surface area contributed by atoms with E-state index in [1.165, 1.54) is 94.6 Å². The van der Waals surface area contributed by atoms with Gasteiger partial charge in [-0.05, 0) is 126 Å². The van der Waals surface area contributed by atoms with Gasteiger partial charge in [-0.15, -0.1) is 0 Å². The number of nitrogens with zero attached hydrogens (tertiary/aromatic N) is 1. The van der Waals surface area contributed by atoms with Crippen molar-refractivity contribution in [3.63, 3.8) is 0 Å². The fraction of sp³-hybridized carbons (Fsp3) is 0.0769. The molecule has 0 saturated heterocycles. The summed E-state index contributed by atoms with van der Waals surface area (Å²) in [4.78, 5) is 2.50. The Balaban J connectivity index is 1.02. The molecule has 1 nitrogen and oxygen atoms in total. The molecule has 2 aliphatic rings. The van der Waals surface area contributed by atoms with Crippen molar-refractivity contribution in [2.45, 2.75) is 31.6 Å². The Morgan fingerprint density at radius 2 is 0.727 bits per heavy atom. The molecule has 2 aliphatic carbocycles. The van der Waals surface area contributed by atoms with Gasteiger partial charge in [-0.1, -0.05) is 226 Å². The van der Waals surface area contributed by atoms with Crippen LogP contribution in [0.1, 0.15) is 48.6 Å². The summed E-state index contributed by atoms with van der Waals surface area (Å²) in [6.07, 6.45) is 0. The summed E-state index contributed by atoms with van der Waals surface area (Å²) < 4.78 is 0. The average molecular weight is 844 g/mol. The van der Waals surface area contributed by atoms with Crippen molar-refractivity contribution in [3.8, 4) is 66.8 Å². The fourth-order valence-electron chi connectivity index (χ4n) is 11.3. The Labute approximate surface area is 389 Å². The van der Waals surface area contributed by atoms with Crippen LogP contribution >= 0.6 is 0 Å². The van der Waals surface area contributed by atoms with Crippen LogP contribution in [0.25, 0.3) is 66.8 Å². The van der Waals surface area contributed by atoms with Gasteiger partial charge in [0.2, 0.25) is 0 Å². The molecule has 10 aromatic rings. The summed E-state index contributed by atoms with van der Waals surface area (Å²) in [5, 5.41) is 0. The van der Waals surface area contributed by atoms with E-state index >= 15 is 0 Å². The summed E-state index contributed by atoms with van der Waals surface area (Å²) in [7, 11) is 0. The standard InChI is InChI=1S/C65H49N/c1-64(2)59-30-15-12-26-54(59)57-28-18-29-58(63(57)64)56-27-14-17-32-62(56)66(50-41-42-55-53-25-13-16-31-60(53)65(3,61(55)43-50)48-21-8-5-9-22-48)49-39-37-47(38-40-49)52-24-11-10-23-51(52)46-35-33-45(34-36-46)44-19-6-4-7-20-44/h4-43H,1-3H3. The molecule has 1 unspecified atom stereocenters. The third-order valence-electron chi connectivity index (χ3n) is 14.6. The van der Waals surface area contributed by atoms with E-state index in [0.29, 0.717) is 0 Å². The molecule has 314 valence electrons. The molecule has 0 heterocycles. The van der Waals surface area contributed by atoms with Crippen LogP contribution in [0.4, 0.5) is 17.1 Å². The summed E-state index contributed by atoms with van der Waals surface area (Å²) in [5.41, 5.74) is 24.5. The minimum absolute atomic E-state index is 0.172. The first-order valence-corrected chi connectivity index (χ1v) is 23.2. The van der Waals surface area contributed by atoms with E-state index in [-0.39, 0.29) is 10.8 Å². The zero-order chi connectivity index (χ0) is 44.4. The van der Waals surface area contributed by atoms with Crippen LogP contribution in [0.15, 0.2) is 243 Å². The number of anilines is 3. The molecule has 0 amide bonds. The topological polar surface area (TPSA) is 3.24 Å². The summed E-state index contributed by atoms with van der Waals surface area (Å²) in [6, 6.07) is 89.6. The van der Waals surface area contributed by atoms with Gasteiger partial charge in [0.05, 0.1) is 5.69 Å². The van der Waals surface area contributed by atoms with Crippen LogP contribution in [0.5, 0.6) is 0 Å².